The fraction of sp³-hybridized carbons (Fsp3) is 0.667. The number of rotatable bonds is 3. The van der Waals surface area contributed by atoms with E-state index < -0.39 is 11.6 Å². The van der Waals surface area contributed by atoms with Gasteiger partial charge in [-0.15, -0.1) is 0 Å². The van der Waals surface area contributed by atoms with Crippen LogP contribution in [0.25, 0.3) is 0 Å². The zero-order valence-corrected chi connectivity index (χ0v) is 12.5. The van der Waals surface area contributed by atoms with Crippen molar-refractivity contribution in [1.29, 1.82) is 0 Å². The van der Waals surface area contributed by atoms with Crippen LogP contribution in [0, 0.1) is 41.2 Å². The lowest BCUT2D eigenvalue weighted by molar-refractivity contribution is -0.0516. The summed E-state index contributed by atoms with van der Waals surface area (Å²) in [6, 6.07) is 4.07. The standard InChI is InChI=1S/C18H23F2N/c1-21-18(14-7-15(19)9-16(20)8-14)17-12-3-10-2-11(5-12)6-13(17)4-10/h7-13,17-18,21H,2-6H2,1H3. The molecule has 1 atom stereocenters. The molecule has 1 nitrogen and oxygen atoms in total. The molecule has 1 aromatic rings. The minimum atomic E-state index is -0.464. The van der Waals surface area contributed by atoms with Crippen LogP contribution in [0.4, 0.5) is 8.78 Å². The molecule has 0 saturated heterocycles. The lowest BCUT2D eigenvalue weighted by atomic mass is 9.50. The van der Waals surface area contributed by atoms with E-state index in [-0.39, 0.29) is 6.04 Å². The molecule has 1 N–H and O–H groups in total. The van der Waals surface area contributed by atoms with Gasteiger partial charge < -0.3 is 5.32 Å². The van der Waals surface area contributed by atoms with Crippen LogP contribution in [-0.4, -0.2) is 7.05 Å². The Bertz CT molecular complexity index is 494. The maximum atomic E-state index is 13.6. The molecule has 0 amide bonds. The van der Waals surface area contributed by atoms with Crippen molar-refractivity contribution in [1.82, 2.24) is 5.32 Å². The highest BCUT2D eigenvalue weighted by atomic mass is 19.1. The molecule has 21 heavy (non-hydrogen) atoms. The number of nitrogens with one attached hydrogen (secondary N) is 1. The highest BCUT2D eigenvalue weighted by Crippen LogP contribution is 2.59. The second-order valence-corrected chi connectivity index (χ2v) is 7.48. The van der Waals surface area contributed by atoms with E-state index in [0.717, 1.165) is 35.3 Å². The lowest BCUT2D eigenvalue weighted by Gasteiger charge is -2.56. The second-order valence-electron chi connectivity index (χ2n) is 7.48. The summed E-state index contributed by atoms with van der Waals surface area (Å²) in [4.78, 5) is 0. The third kappa shape index (κ3) is 2.30. The summed E-state index contributed by atoms with van der Waals surface area (Å²) in [7, 11) is 1.93. The molecule has 4 aliphatic rings. The molecule has 5 rings (SSSR count). The summed E-state index contributed by atoms with van der Waals surface area (Å²) < 4.78 is 27.2. The monoisotopic (exact) mass is 291 g/mol. The first-order valence-corrected chi connectivity index (χ1v) is 8.27. The van der Waals surface area contributed by atoms with E-state index in [1.165, 1.54) is 44.2 Å². The smallest absolute Gasteiger partial charge is 0.126 e. The molecule has 0 radical (unpaired) electrons. The Labute approximate surface area is 125 Å². The van der Waals surface area contributed by atoms with E-state index in [4.69, 9.17) is 0 Å². The van der Waals surface area contributed by atoms with Gasteiger partial charge in [-0.05, 0) is 86.4 Å². The molecular weight excluding hydrogens is 268 g/mol. The summed E-state index contributed by atoms with van der Waals surface area (Å²) in [5, 5.41) is 3.37. The van der Waals surface area contributed by atoms with Gasteiger partial charge in [0.1, 0.15) is 11.6 Å². The number of halogens is 2. The van der Waals surface area contributed by atoms with Crippen molar-refractivity contribution in [2.75, 3.05) is 7.05 Å². The number of benzene rings is 1. The van der Waals surface area contributed by atoms with Crippen molar-refractivity contribution in [3.05, 3.63) is 35.4 Å². The molecule has 0 heterocycles. The van der Waals surface area contributed by atoms with Crippen molar-refractivity contribution in [3.63, 3.8) is 0 Å². The van der Waals surface area contributed by atoms with Gasteiger partial charge in [-0.3, -0.25) is 0 Å². The summed E-state index contributed by atoms with van der Waals surface area (Å²) in [6.07, 6.45) is 6.74. The molecule has 3 heteroatoms. The van der Waals surface area contributed by atoms with Crippen LogP contribution in [0.15, 0.2) is 18.2 Å². The Balaban J connectivity index is 1.66. The maximum Gasteiger partial charge on any atom is 0.126 e. The normalized spacial score (nSPS) is 38.7. The highest BCUT2D eigenvalue weighted by Gasteiger charge is 2.50. The third-order valence-electron chi connectivity index (χ3n) is 6.24. The molecule has 114 valence electrons. The van der Waals surface area contributed by atoms with E-state index in [1.54, 1.807) is 0 Å². The van der Waals surface area contributed by atoms with Crippen LogP contribution in [0.5, 0.6) is 0 Å². The molecular formula is C18H23F2N. The predicted molar refractivity (Wildman–Crippen MR) is 78.7 cm³/mol. The number of hydrogen-bond donors (Lipinski definition) is 1. The van der Waals surface area contributed by atoms with E-state index in [0.29, 0.717) is 5.92 Å². The first-order chi connectivity index (χ1) is 10.1. The molecule has 4 saturated carbocycles. The Kier molecular flexibility index (Phi) is 3.29. The second kappa shape index (κ2) is 5.05. The third-order valence-corrected chi connectivity index (χ3v) is 6.24. The molecule has 4 aliphatic carbocycles. The quantitative estimate of drug-likeness (QED) is 0.875. The first-order valence-electron chi connectivity index (χ1n) is 8.27. The molecule has 0 aromatic heterocycles. The molecule has 0 aliphatic heterocycles. The maximum absolute atomic E-state index is 13.6. The Morgan fingerprint density at radius 2 is 1.43 bits per heavy atom. The van der Waals surface area contributed by atoms with Crippen LogP contribution < -0.4 is 5.32 Å². The summed E-state index contributed by atoms with van der Waals surface area (Å²) in [6.45, 7) is 0. The van der Waals surface area contributed by atoms with Crippen LogP contribution >= 0.6 is 0 Å². The van der Waals surface area contributed by atoms with Crippen LogP contribution in [0.2, 0.25) is 0 Å². The molecule has 4 bridgehead atoms. The molecule has 1 aromatic carbocycles. The van der Waals surface area contributed by atoms with Crippen LogP contribution in [0.1, 0.15) is 43.7 Å². The van der Waals surface area contributed by atoms with Crippen molar-refractivity contribution in [2.24, 2.45) is 29.6 Å². The van der Waals surface area contributed by atoms with Crippen LogP contribution in [0.3, 0.4) is 0 Å². The van der Waals surface area contributed by atoms with Crippen molar-refractivity contribution in [3.8, 4) is 0 Å². The summed E-state index contributed by atoms with van der Waals surface area (Å²) >= 11 is 0. The van der Waals surface area contributed by atoms with Gasteiger partial charge in [0.2, 0.25) is 0 Å². The van der Waals surface area contributed by atoms with Gasteiger partial charge in [0.05, 0.1) is 0 Å². The average Bonchev–Trinajstić information content (AvgIpc) is 2.40. The van der Waals surface area contributed by atoms with Gasteiger partial charge in [0.25, 0.3) is 0 Å². The van der Waals surface area contributed by atoms with Crippen molar-refractivity contribution >= 4 is 0 Å². The Hall–Kier alpha value is -0.960. The van der Waals surface area contributed by atoms with Gasteiger partial charge in [0.15, 0.2) is 0 Å². The summed E-state index contributed by atoms with van der Waals surface area (Å²) in [5.41, 5.74) is 0.785. The van der Waals surface area contributed by atoms with Gasteiger partial charge in [-0.2, -0.15) is 0 Å². The fourth-order valence-electron chi connectivity index (χ4n) is 5.85. The topological polar surface area (TPSA) is 12.0 Å². The lowest BCUT2D eigenvalue weighted by Crippen LogP contribution is -2.49. The Morgan fingerprint density at radius 3 is 1.90 bits per heavy atom. The van der Waals surface area contributed by atoms with Gasteiger partial charge in [0, 0.05) is 12.1 Å². The van der Waals surface area contributed by atoms with Gasteiger partial charge >= 0.3 is 0 Å². The Morgan fingerprint density at radius 1 is 0.905 bits per heavy atom. The zero-order chi connectivity index (χ0) is 14.6. The van der Waals surface area contributed by atoms with Crippen molar-refractivity contribution in [2.45, 2.75) is 38.1 Å². The number of hydrogen-bond acceptors (Lipinski definition) is 1. The zero-order valence-electron chi connectivity index (χ0n) is 12.5. The average molecular weight is 291 g/mol. The van der Waals surface area contributed by atoms with E-state index in [1.807, 2.05) is 7.05 Å². The SMILES string of the molecule is CNC(c1cc(F)cc(F)c1)C1C2CC3CC(C2)CC1C3. The highest BCUT2D eigenvalue weighted by molar-refractivity contribution is 5.23. The first kappa shape index (κ1) is 13.7. The minimum absolute atomic E-state index is 0.0881. The fourth-order valence-corrected chi connectivity index (χ4v) is 5.85. The van der Waals surface area contributed by atoms with Crippen molar-refractivity contribution < 1.29 is 8.78 Å². The van der Waals surface area contributed by atoms with E-state index in [9.17, 15) is 8.78 Å². The molecule has 1 unspecified atom stereocenters. The molecule has 4 fully saturated rings. The largest absolute Gasteiger partial charge is 0.313 e. The minimum Gasteiger partial charge on any atom is -0.313 e. The summed E-state index contributed by atoms with van der Waals surface area (Å²) in [5.74, 6) is 2.94. The van der Waals surface area contributed by atoms with Gasteiger partial charge in [-0.1, -0.05) is 0 Å². The van der Waals surface area contributed by atoms with E-state index in [2.05, 4.69) is 5.32 Å². The van der Waals surface area contributed by atoms with E-state index >= 15 is 0 Å². The molecule has 0 spiro atoms. The van der Waals surface area contributed by atoms with Crippen LogP contribution in [-0.2, 0) is 0 Å². The predicted octanol–water partition coefficient (Wildman–Crippen LogP) is 4.30. The van der Waals surface area contributed by atoms with Gasteiger partial charge in [-0.25, -0.2) is 8.78 Å².